The third kappa shape index (κ3) is 3.38. The van der Waals surface area contributed by atoms with Gasteiger partial charge in [-0.2, -0.15) is 0 Å². The summed E-state index contributed by atoms with van der Waals surface area (Å²) < 4.78 is 0. The molecule has 0 saturated heterocycles. The van der Waals surface area contributed by atoms with Crippen LogP contribution in [0.2, 0.25) is 0 Å². The van der Waals surface area contributed by atoms with Gasteiger partial charge in [0.2, 0.25) is 11.6 Å². The first-order valence-corrected chi connectivity index (χ1v) is 7.00. The van der Waals surface area contributed by atoms with Gasteiger partial charge in [-0.05, 0) is 6.92 Å². The Morgan fingerprint density at radius 2 is 2.05 bits per heavy atom. The standard InChI is InChI=1S/C11H14N6O2S/c1-2-12-10-9(17(18)19)11(15-6-14-10)13-4-3-8-5-20-7-16-8/h5-7H,2-4H2,1H3,(H2,12,13,14,15). The van der Waals surface area contributed by atoms with Crippen LogP contribution in [0, 0.1) is 10.1 Å². The first kappa shape index (κ1) is 14.1. The SMILES string of the molecule is CCNc1ncnc(NCCc2cscn2)c1[N+](=O)[O-]. The smallest absolute Gasteiger partial charge is 0.353 e. The second-order valence-electron chi connectivity index (χ2n) is 3.86. The zero-order chi connectivity index (χ0) is 14.4. The van der Waals surface area contributed by atoms with E-state index in [2.05, 4.69) is 25.6 Å². The quantitative estimate of drug-likeness (QED) is 0.593. The average molecular weight is 294 g/mol. The maximum atomic E-state index is 11.1. The summed E-state index contributed by atoms with van der Waals surface area (Å²) in [5, 5.41) is 18.9. The fourth-order valence-electron chi connectivity index (χ4n) is 1.65. The maximum absolute atomic E-state index is 11.1. The molecule has 0 aromatic carbocycles. The van der Waals surface area contributed by atoms with E-state index in [1.54, 1.807) is 5.51 Å². The van der Waals surface area contributed by atoms with Crippen LogP contribution in [0.1, 0.15) is 12.6 Å². The summed E-state index contributed by atoms with van der Waals surface area (Å²) in [6.45, 7) is 2.92. The molecule has 0 saturated carbocycles. The number of nitrogens with zero attached hydrogens (tertiary/aromatic N) is 4. The summed E-state index contributed by atoms with van der Waals surface area (Å²) in [6.07, 6.45) is 1.98. The molecule has 9 heteroatoms. The molecular formula is C11H14N6O2S. The number of aromatic nitrogens is 3. The maximum Gasteiger partial charge on any atom is 0.353 e. The second-order valence-corrected chi connectivity index (χ2v) is 4.58. The van der Waals surface area contributed by atoms with Gasteiger partial charge in [0.1, 0.15) is 6.33 Å². The number of rotatable bonds is 7. The van der Waals surface area contributed by atoms with E-state index < -0.39 is 4.92 Å². The van der Waals surface area contributed by atoms with E-state index in [1.807, 2.05) is 12.3 Å². The Kier molecular flexibility index (Phi) is 4.77. The lowest BCUT2D eigenvalue weighted by molar-refractivity contribution is -0.383. The molecule has 0 spiro atoms. The molecule has 0 bridgehead atoms. The minimum absolute atomic E-state index is 0.132. The van der Waals surface area contributed by atoms with Gasteiger partial charge < -0.3 is 10.6 Å². The molecule has 0 unspecified atom stereocenters. The fraction of sp³-hybridized carbons (Fsp3) is 0.364. The largest absolute Gasteiger partial charge is 0.364 e. The van der Waals surface area contributed by atoms with E-state index in [9.17, 15) is 10.1 Å². The van der Waals surface area contributed by atoms with E-state index >= 15 is 0 Å². The predicted octanol–water partition coefficient (Wildman–Crippen LogP) is 1.93. The van der Waals surface area contributed by atoms with E-state index in [4.69, 9.17) is 0 Å². The lowest BCUT2D eigenvalue weighted by Gasteiger charge is -2.08. The molecule has 0 amide bonds. The van der Waals surface area contributed by atoms with Crippen molar-refractivity contribution in [3.05, 3.63) is 33.0 Å². The Hall–Kier alpha value is -2.29. The summed E-state index contributed by atoms with van der Waals surface area (Å²) in [7, 11) is 0. The van der Waals surface area contributed by atoms with Crippen molar-refractivity contribution >= 4 is 28.7 Å². The Balaban J connectivity index is 2.09. The molecule has 8 nitrogen and oxygen atoms in total. The highest BCUT2D eigenvalue weighted by Crippen LogP contribution is 2.28. The molecule has 2 aromatic rings. The van der Waals surface area contributed by atoms with E-state index in [0.717, 1.165) is 5.69 Å². The molecule has 2 heterocycles. The molecule has 0 aliphatic heterocycles. The van der Waals surface area contributed by atoms with Gasteiger partial charge in [-0.1, -0.05) is 0 Å². The lowest BCUT2D eigenvalue weighted by Crippen LogP contribution is -2.11. The van der Waals surface area contributed by atoms with Crippen LogP contribution in [0.4, 0.5) is 17.3 Å². The third-order valence-corrected chi connectivity index (χ3v) is 3.14. The Morgan fingerprint density at radius 3 is 2.65 bits per heavy atom. The summed E-state index contributed by atoms with van der Waals surface area (Å²) in [4.78, 5) is 22.6. The van der Waals surface area contributed by atoms with E-state index in [-0.39, 0.29) is 17.3 Å². The van der Waals surface area contributed by atoms with Gasteiger partial charge in [0.05, 0.1) is 16.1 Å². The van der Waals surface area contributed by atoms with Crippen LogP contribution < -0.4 is 10.6 Å². The van der Waals surface area contributed by atoms with Crippen molar-refractivity contribution in [3.8, 4) is 0 Å². The van der Waals surface area contributed by atoms with Crippen molar-refractivity contribution in [1.82, 2.24) is 15.0 Å². The Morgan fingerprint density at radius 1 is 1.30 bits per heavy atom. The Bertz CT molecular complexity index is 574. The van der Waals surface area contributed by atoms with Gasteiger partial charge >= 0.3 is 5.69 Å². The van der Waals surface area contributed by atoms with Crippen molar-refractivity contribution < 1.29 is 4.92 Å². The minimum atomic E-state index is -0.483. The first-order valence-electron chi connectivity index (χ1n) is 6.06. The number of hydrogen-bond acceptors (Lipinski definition) is 8. The van der Waals surface area contributed by atoms with E-state index in [0.29, 0.717) is 19.5 Å². The van der Waals surface area contributed by atoms with Gasteiger partial charge in [0, 0.05) is 24.9 Å². The van der Waals surface area contributed by atoms with Crippen LogP contribution in [-0.4, -0.2) is 33.0 Å². The summed E-state index contributed by atoms with van der Waals surface area (Å²) in [5.41, 5.74) is 2.57. The van der Waals surface area contributed by atoms with Crippen molar-refractivity contribution in [2.24, 2.45) is 0 Å². The van der Waals surface area contributed by atoms with Crippen LogP contribution in [0.15, 0.2) is 17.2 Å². The van der Waals surface area contributed by atoms with Crippen LogP contribution in [0.5, 0.6) is 0 Å². The monoisotopic (exact) mass is 294 g/mol. The number of nitrogens with one attached hydrogen (secondary N) is 2. The third-order valence-electron chi connectivity index (χ3n) is 2.51. The fourth-order valence-corrected chi connectivity index (χ4v) is 2.24. The summed E-state index contributed by atoms with van der Waals surface area (Å²) >= 11 is 1.52. The highest BCUT2D eigenvalue weighted by atomic mass is 32.1. The average Bonchev–Trinajstić information content (AvgIpc) is 2.92. The number of hydrogen-bond donors (Lipinski definition) is 2. The lowest BCUT2D eigenvalue weighted by atomic mass is 10.3. The topological polar surface area (TPSA) is 106 Å². The zero-order valence-electron chi connectivity index (χ0n) is 10.9. The highest BCUT2D eigenvalue weighted by Gasteiger charge is 2.22. The molecule has 2 aromatic heterocycles. The van der Waals surface area contributed by atoms with Crippen molar-refractivity contribution in [2.75, 3.05) is 23.7 Å². The molecule has 0 fully saturated rings. The van der Waals surface area contributed by atoms with Gasteiger partial charge in [-0.25, -0.2) is 15.0 Å². The van der Waals surface area contributed by atoms with Gasteiger partial charge in [-0.3, -0.25) is 10.1 Å². The zero-order valence-corrected chi connectivity index (χ0v) is 11.7. The van der Waals surface area contributed by atoms with Crippen LogP contribution in [0.3, 0.4) is 0 Å². The molecule has 0 aliphatic carbocycles. The summed E-state index contributed by atoms with van der Waals surface area (Å²) in [5.74, 6) is 0.444. The number of nitro groups is 1. The van der Waals surface area contributed by atoms with Crippen LogP contribution in [-0.2, 0) is 6.42 Å². The normalized spacial score (nSPS) is 10.2. The summed E-state index contributed by atoms with van der Waals surface area (Å²) in [6, 6.07) is 0. The van der Waals surface area contributed by atoms with Gasteiger partial charge in [-0.15, -0.1) is 11.3 Å². The first-order chi connectivity index (χ1) is 9.72. The van der Waals surface area contributed by atoms with E-state index in [1.165, 1.54) is 17.7 Å². The van der Waals surface area contributed by atoms with Crippen molar-refractivity contribution in [2.45, 2.75) is 13.3 Å². The predicted molar refractivity (Wildman–Crippen MR) is 77.2 cm³/mol. The minimum Gasteiger partial charge on any atom is -0.364 e. The molecule has 2 rings (SSSR count). The second kappa shape index (κ2) is 6.75. The molecule has 106 valence electrons. The molecule has 2 N–H and O–H groups in total. The van der Waals surface area contributed by atoms with Gasteiger partial charge in [0.15, 0.2) is 0 Å². The highest BCUT2D eigenvalue weighted by molar-refractivity contribution is 7.07. The van der Waals surface area contributed by atoms with Crippen molar-refractivity contribution in [3.63, 3.8) is 0 Å². The molecule has 0 aliphatic rings. The molecule has 0 radical (unpaired) electrons. The van der Waals surface area contributed by atoms with Gasteiger partial charge in [0.25, 0.3) is 0 Å². The van der Waals surface area contributed by atoms with Crippen LogP contribution in [0.25, 0.3) is 0 Å². The number of anilines is 2. The molecule has 0 atom stereocenters. The van der Waals surface area contributed by atoms with Crippen LogP contribution >= 0.6 is 11.3 Å². The molecular weight excluding hydrogens is 280 g/mol. The number of thiazole rings is 1. The Labute approximate surface area is 119 Å². The molecule has 20 heavy (non-hydrogen) atoms. The van der Waals surface area contributed by atoms with Crippen molar-refractivity contribution in [1.29, 1.82) is 0 Å².